The molecule has 1 heterocycles. The van der Waals surface area contributed by atoms with E-state index in [1.807, 2.05) is 53.9 Å². The first kappa shape index (κ1) is 30.5. The van der Waals surface area contributed by atoms with Crippen molar-refractivity contribution in [2.24, 2.45) is 0 Å². The van der Waals surface area contributed by atoms with Crippen molar-refractivity contribution >= 4 is 58.5 Å². The van der Waals surface area contributed by atoms with Crippen LogP contribution in [-0.4, -0.2) is 56.2 Å². The van der Waals surface area contributed by atoms with Gasteiger partial charge in [0.1, 0.15) is 35.3 Å². The number of ether oxygens (including phenoxy) is 1. The van der Waals surface area contributed by atoms with E-state index in [1.54, 1.807) is 18.2 Å². The van der Waals surface area contributed by atoms with Gasteiger partial charge in [0.05, 0.1) is 11.8 Å². The fourth-order valence-electron chi connectivity index (χ4n) is 4.52. The third-order valence-corrected chi connectivity index (χ3v) is 6.66. The minimum atomic E-state index is -1.08. The molecular formula is C30H28B3ClN2O6. The van der Waals surface area contributed by atoms with Crippen LogP contribution in [0.2, 0.25) is 5.02 Å². The van der Waals surface area contributed by atoms with Crippen LogP contribution in [0.3, 0.4) is 0 Å². The zero-order chi connectivity index (χ0) is 30.6. The van der Waals surface area contributed by atoms with Gasteiger partial charge in [0, 0.05) is 39.6 Å². The molecule has 42 heavy (non-hydrogen) atoms. The fraction of sp³-hybridized carbons (Fsp3) is 0.133. The predicted octanol–water partition coefficient (Wildman–Crippen LogP) is 2.38. The number of carbonyl (C=O) groups is 3. The molecule has 0 saturated carbocycles. The lowest BCUT2D eigenvalue weighted by Crippen LogP contribution is -2.39. The van der Waals surface area contributed by atoms with Crippen molar-refractivity contribution in [3.8, 4) is 16.9 Å². The molecule has 2 N–H and O–H groups in total. The maximum Gasteiger partial charge on any atom is 0.335 e. The molecule has 4 rings (SSSR count). The zero-order valence-electron chi connectivity index (χ0n) is 23.7. The lowest BCUT2D eigenvalue weighted by molar-refractivity contribution is -0.119. The molecule has 0 unspecified atom stereocenters. The first-order valence-corrected chi connectivity index (χ1v) is 13.6. The maximum atomic E-state index is 13.7. The number of hydrogen-bond acceptors (Lipinski definition) is 5. The summed E-state index contributed by atoms with van der Waals surface area (Å²) in [5.74, 6) is -1.47. The standard InChI is InChI=1S/C30H28B3ClN2O6/c1-17(37)22-12-9-20(34)14-23(22)24-15-27(38)36(16-26(24)42-30(31,32)33)25(13-18-5-3-2-4-6-18)28(39)35-21-10-7-19(8-11-21)29(40)41/h2-12,14-16,25H,13,31-33H2,1H3,(H,35,39)(H,40,41)/t25-/m0/s1. The molecule has 12 heteroatoms. The molecule has 210 valence electrons. The second-order valence-electron chi connectivity index (χ2n) is 10.8. The van der Waals surface area contributed by atoms with Crippen molar-refractivity contribution in [3.63, 3.8) is 0 Å². The van der Waals surface area contributed by atoms with Gasteiger partial charge in [-0.3, -0.25) is 19.0 Å². The molecule has 1 atom stereocenters. The van der Waals surface area contributed by atoms with E-state index >= 15 is 0 Å². The molecule has 0 saturated heterocycles. The molecule has 0 radical (unpaired) electrons. The SMILES string of the molecule is BC(B)(B)Oc1cn([C@@H](Cc2ccccc2)C(=O)Nc2ccc(C(=O)O)cc2)c(=O)cc1-c1cc(Cl)ccc1C(C)=O. The second kappa shape index (κ2) is 12.6. The topological polar surface area (TPSA) is 115 Å². The number of rotatable bonds is 10. The molecule has 3 aromatic carbocycles. The Bertz CT molecular complexity index is 1700. The largest absolute Gasteiger partial charge is 0.511 e. The summed E-state index contributed by atoms with van der Waals surface area (Å²) in [4.78, 5) is 51.2. The molecule has 8 nitrogen and oxygen atoms in total. The quantitative estimate of drug-likeness (QED) is 0.220. The maximum absolute atomic E-state index is 13.7. The highest BCUT2D eigenvalue weighted by atomic mass is 35.5. The molecule has 0 aliphatic heterocycles. The minimum absolute atomic E-state index is 0.0792. The van der Waals surface area contributed by atoms with E-state index in [9.17, 15) is 24.3 Å². The van der Waals surface area contributed by atoms with Gasteiger partial charge in [-0.2, -0.15) is 0 Å². The van der Waals surface area contributed by atoms with Crippen LogP contribution in [-0.2, 0) is 11.2 Å². The Morgan fingerprint density at radius 2 is 1.64 bits per heavy atom. The third-order valence-electron chi connectivity index (χ3n) is 6.42. The van der Waals surface area contributed by atoms with Crippen LogP contribution >= 0.6 is 11.6 Å². The van der Waals surface area contributed by atoms with Crippen LogP contribution in [0.5, 0.6) is 5.75 Å². The highest BCUT2D eigenvalue weighted by Gasteiger charge is 2.27. The molecule has 0 aliphatic carbocycles. The Kier molecular flexibility index (Phi) is 9.12. The number of anilines is 1. The van der Waals surface area contributed by atoms with Crippen molar-refractivity contribution in [1.29, 1.82) is 0 Å². The number of carboxylic acids is 1. The number of nitrogens with zero attached hydrogens (tertiary/aromatic N) is 1. The van der Waals surface area contributed by atoms with E-state index in [1.165, 1.54) is 48.0 Å². The number of amides is 1. The van der Waals surface area contributed by atoms with Gasteiger partial charge < -0.3 is 15.2 Å². The number of aromatic nitrogens is 1. The molecule has 4 aromatic rings. The Morgan fingerprint density at radius 1 is 0.976 bits per heavy atom. The van der Waals surface area contributed by atoms with Crippen LogP contribution in [0.25, 0.3) is 11.1 Å². The van der Waals surface area contributed by atoms with Crippen molar-refractivity contribution in [3.05, 3.63) is 117 Å². The molecule has 0 bridgehead atoms. The summed E-state index contributed by atoms with van der Waals surface area (Å²) in [7, 11) is 5.56. The molecule has 1 amide bonds. The van der Waals surface area contributed by atoms with Crippen LogP contribution in [0.4, 0.5) is 5.69 Å². The number of hydrogen-bond donors (Lipinski definition) is 2. The molecule has 1 aromatic heterocycles. The van der Waals surface area contributed by atoms with Crippen LogP contribution in [0, 0.1) is 0 Å². The van der Waals surface area contributed by atoms with Crippen LogP contribution in [0.15, 0.2) is 89.9 Å². The summed E-state index contributed by atoms with van der Waals surface area (Å²) in [6, 6.07) is 20.2. The molecule has 0 fully saturated rings. The third kappa shape index (κ3) is 7.41. The first-order valence-electron chi connectivity index (χ1n) is 13.3. The van der Waals surface area contributed by atoms with Crippen molar-refractivity contribution in [2.45, 2.75) is 24.7 Å². The summed E-state index contributed by atoms with van der Waals surface area (Å²) in [5.41, 5.74) is 1.99. The average molecular weight is 580 g/mol. The van der Waals surface area contributed by atoms with E-state index in [0.29, 0.717) is 33.1 Å². The summed E-state index contributed by atoms with van der Waals surface area (Å²) in [5, 5.41) is 11.7. The predicted molar refractivity (Wildman–Crippen MR) is 171 cm³/mol. The number of pyridine rings is 1. The number of nitrogens with one attached hydrogen (secondary N) is 1. The van der Waals surface area contributed by atoms with Gasteiger partial charge in [-0.05, 0) is 60.5 Å². The van der Waals surface area contributed by atoms with E-state index in [0.717, 1.165) is 5.56 Å². The van der Waals surface area contributed by atoms with Gasteiger partial charge in [0.25, 0.3) is 5.56 Å². The van der Waals surface area contributed by atoms with Gasteiger partial charge in [-0.1, -0.05) is 41.9 Å². The Hall–Kier alpha value is -4.50. The fourth-order valence-corrected chi connectivity index (χ4v) is 4.69. The van der Waals surface area contributed by atoms with Gasteiger partial charge in [0.2, 0.25) is 5.91 Å². The number of halogens is 1. The second-order valence-corrected chi connectivity index (χ2v) is 11.3. The summed E-state index contributed by atoms with van der Waals surface area (Å²) in [6.45, 7) is 1.43. The number of Topliss-reactive ketones (excluding diaryl/α,β-unsaturated/α-hetero) is 1. The molecule has 0 spiro atoms. The number of carboxylic acid groups (broad SMARTS) is 1. The average Bonchev–Trinajstić information content (AvgIpc) is 2.92. The van der Waals surface area contributed by atoms with Crippen LogP contribution < -0.4 is 15.6 Å². The van der Waals surface area contributed by atoms with E-state index in [-0.39, 0.29) is 17.8 Å². The summed E-state index contributed by atoms with van der Waals surface area (Å²) >= 11 is 6.29. The van der Waals surface area contributed by atoms with Crippen molar-refractivity contribution in [2.75, 3.05) is 5.32 Å². The lowest BCUT2D eigenvalue weighted by Gasteiger charge is -2.27. The normalized spacial score (nSPS) is 11.9. The molecule has 0 aliphatic rings. The highest BCUT2D eigenvalue weighted by molar-refractivity contribution is 6.58. The number of aromatic carboxylic acids is 1. The van der Waals surface area contributed by atoms with E-state index in [2.05, 4.69) is 5.32 Å². The van der Waals surface area contributed by atoms with Gasteiger partial charge in [0.15, 0.2) is 5.78 Å². The highest BCUT2D eigenvalue weighted by Crippen LogP contribution is 2.35. The van der Waals surface area contributed by atoms with Gasteiger partial charge in [-0.15, -0.1) is 0 Å². The Balaban J connectivity index is 1.86. The Labute approximate surface area is 250 Å². The first-order chi connectivity index (χ1) is 19.8. The zero-order valence-corrected chi connectivity index (χ0v) is 24.4. The minimum Gasteiger partial charge on any atom is -0.511 e. The number of carbonyl (C=O) groups excluding carboxylic acids is 2. The van der Waals surface area contributed by atoms with Crippen molar-refractivity contribution < 1.29 is 24.2 Å². The summed E-state index contributed by atoms with van der Waals surface area (Å²) in [6.07, 6.45) is 1.68. The number of ketones is 1. The smallest absolute Gasteiger partial charge is 0.335 e. The summed E-state index contributed by atoms with van der Waals surface area (Å²) < 4.78 is 7.61. The van der Waals surface area contributed by atoms with Gasteiger partial charge >= 0.3 is 5.97 Å². The Morgan fingerprint density at radius 3 is 2.24 bits per heavy atom. The lowest BCUT2D eigenvalue weighted by atomic mass is 9.52. The number of benzene rings is 3. The molecular weight excluding hydrogens is 552 g/mol. The van der Waals surface area contributed by atoms with Gasteiger partial charge in [-0.25, -0.2) is 4.79 Å². The van der Waals surface area contributed by atoms with Crippen molar-refractivity contribution in [1.82, 2.24) is 4.57 Å². The monoisotopic (exact) mass is 580 g/mol. The van der Waals surface area contributed by atoms with E-state index < -0.39 is 28.8 Å². The van der Waals surface area contributed by atoms with Crippen LogP contribution in [0.1, 0.15) is 39.2 Å². The van der Waals surface area contributed by atoms with E-state index in [4.69, 9.17) is 16.3 Å².